The number of aryl methyl sites for hydroxylation is 1. The van der Waals surface area contributed by atoms with E-state index >= 15 is 0 Å². The zero-order chi connectivity index (χ0) is 16.1. The van der Waals surface area contributed by atoms with Crippen molar-refractivity contribution in [3.8, 4) is 11.3 Å². The summed E-state index contributed by atoms with van der Waals surface area (Å²) >= 11 is 1.68. The molecule has 0 aliphatic rings. The second-order valence-corrected chi connectivity index (χ2v) is 6.99. The number of amides is 1. The third-order valence-electron chi connectivity index (χ3n) is 3.27. The van der Waals surface area contributed by atoms with Crippen molar-refractivity contribution in [1.29, 1.82) is 0 Å². The Labute approximate surface area is 136 Å². The van der Waals surface area contributed by atoms with Gasteiger partial charge in [0.2, 0.25) is 5.91 Å². The van der Waals surface area contributed by atoms with Gasteiger partial charge in [-0.05, 0) is 31.4 Å². The summed E-state index contributed by atoms with van der Waals surface area (Å²) in [5, 5.41) is 7.14. The van der Waals surface area contributed by atoms with Crippen LogP contribution in [0.5, 0.6) is 0 Å². The number of thiazole rings is 1. The van der Waals surface area contributed by atoms with Crippen molar-refractivity contribution >= 4 is 28.1 Å². The molecule has 0 aliphatic carbocycles. The van der Waals surface area contributed by atoms with Crippen LogP contribution in [0.1, 0.15) is 32.1 Å². The van der Waals surface area contributed by atoms with Crippen LogP contribution < -0.4 is 10.6 Å². The molecule has 2 rings (SSSR count). The summed E-state index contributed by atoms with van der Waals surface area (Å²) in [4.78, 5) is 16.9. The van der Waals surface area contributed by atoms with Crippen LogP contribution in [0.25, 0.3) is 11.3 Å². The number of nitrogens with zero attached hydrogens (tertiary/aromatic N) is 1. The van der Waals surface area contributed by atoms with Crippen molar-refractivity contribution in [2.24, 2.45) is 5.92 Å². The summed E-state index contributed by atoms with van der Waals surface area (Å²) in [6.45, 7) is 8.98. The average molecular weight is 317 g/mol. The summed E-state index contributed by atoms with van der Waals surface area (Å²) in [5.41, 5.74) is 2.88. The van der Waals surface area contributed by atoms with E-state index in [1.54, 1.807) is 11.3 Å². The molecule has 0 saturated heterocycles. The maximum atomic E-state index is 11.0. The Morgan fingerprint density at radius 1 is 1.27 bits per heavy atom. The van der Waals surface area contributed by atoms with Crippen molar-refractivity contribution in [2.45, 2.75) is 34.1 Å². The van der Waals surface area contributed by atoms with Gasteiger partial charge in [0, 0.05) is 29.6 Å². The number of hydrogen-bond acceptors (Lipinski definition) is 4. The van der Waals surface area contributed by atoms with Crippen LogP contribution in [-0.2, 0) is 4.79 Å². The van der Waals surface area contributed by atoms with Gasteiger partial charge in [0.25, 0.3) is 0 Å². The Hall–Kier alpha value is -1.88. The highest BCUT2D eigenvalue weighted by Gasteiger charge is 2.10. The monoisotopic (exact) mass is 317 g/mol. The van der Waals surface area contributed by atoms with E-state index in [0.717, 1.165) is 35.0 Å². The van der Waals surface area contributed by atoms with Gasteiger partial charge in [0.1, 0.15) is 0 Å². The van der Waals surface area contributed by atoms with Crippen LogP contribution in [-0.4, -0.2) is 17.4 Å². The fourth-order valence-electron chi connectivity index (χ4n) is 2.12. The molecule has 5 heteroatoms. The lowest BCUT2D eigenvalue weighted by Gasteiger charge is -2.05. The molecular weight excluding hydrogens is 294 g/mol. The van der Waals surface area contributed by atoms with Crippen LogP contribution in [0.15, 0.2) is 24.3 Å². The molecule has 0 saturated carbocycles. The fraction of sp³-hybridized carbons (Fsp3) is 0.412. The molecule has 0 fully saturated rings. The molecule has 0 unspecified atom stereocenters. The maximum absolute atomic E-state index is 11.0. The Balaban J connectivity index is 2.08. The van der Waals surface area contributed by atoms with Gasteiger partial charge < -0.3 is 10.6 Å². The predicted octanol–water partition coefficient (Wildman–Crippen LogP) is 4.53. The van der Waals surface area contributed by atoms with Crippen LogP contribution in [0.2, 0.25) is 0 Å². The Kier molecular flexibility index (Phi) is 5.55. The summed E-state index contributed by atoms with van der Waals surface area (Å²) in [7, 11) is 0. The molecular formula is C17H23N3OS. The van der Waals surface area contributed by atoms with Crippen LogP contribution in [0.3, 0.4) is 0 Å². The molecule has 118 valence electrons. The molecule has 1 aromatic carbocycles. The van der Waals surface area contributed by atoms with Gasteiger partial charge >= 0.3 is 0 Å². The van der Waals surface area contributed by atoms with E-state index in [1.807, 2.05) is 24.3 Å². The third kappa shape index (κ3) is 4.56. The van der Waals surface area contributed by atoms with Gasteiger partial charge in [-0.25, -0.2) is 4.98 Å². The second-order valence-electron chi connectivity index (χ2n) is 5.79. The minimum absolute atomic E-state index is 0.0609. The number of hydrogen-bond donors (Lipinski definition) is 2. The Morgan fingerprint density at radius 2 is 1.95 bits per heavy atom. The number of benzene rings is 1. The van der Waals surface area contributed by atoms with Crippen molar-refractivity contribution < 1.29 is 4.79 Å². The van der Waals surface area contributed by atoms with E-state index in [2.05, 4.69) is 36.4 Å². The zero-order valence-corrected chi connectivity index (χ0v) is 14.4. The number of carbonyl (C=O) groups is 1. The number of nitrogens with one attached hydrogen (secondary N) is 2. The second kappa shape index (κ2) is 7.40. The lowest BCUT2D eigenvalue weighted by atomic mass is 10.1. The van der Waals surface area contributed by atoms with Gasteiger partial charge in [-0.3, -0.25) is 4.79 Å². The van der Waals surface area contributed by atoms with E-state index < -0.39 is 0 Å². The van der Waals surface area contributed by atoms with E-state index in [4.69, 9.17) is 0 Å². The molecule has 2 aromatic rings. The first kappa shape index (κ1) is 16.5. The molecule has 2 N–H and O–H groups in total. The van der Waals surface area contributed by atoms with E-state index in [9.17, 15) is 4.79 Å². The van der Waals surface area contributed by atoms with Crippen molar-refractivity contribution in [3.05, 3.63) is 29.1 Å². The smallest absolute Gasteiger partial charge is 0.221 e. The molecule has 1 aromatic heterocycles. The van der Waals surface area contributed by atoms with Crippen LogP contribution in [0, 0.1) is 12.8 Å². The van der Waals surface area contributed by atoms with Gasteiger partial charge in [-0.1, -0.05) is 26.0 Å². The van der Waals surface area contributed by atoms with E-state index in [0.29, 0.717) is 5.92 Å². The quantitative estimate of drug-likeness (QED) is 0.822. The molecule has 0 bridgehead atoms. The van der Waals surface area contributed by atoms with Gasteiger partial charge in [0.15, 0.2) is 5.13 Å². The van der Waals surface area contributed by atoms with Crippen LogP contribution >= 0.6 is 11.3 Å². The summed E-state index contributed by atoms with van der Waals surface area (Å²) < 4.78 is 0. The van der Waals surface area contributed by atoms with Gasteiger partial charge in [0.05, 0.1) is 5.69 Å². The van der Waals surface area contributed by atoms with Crippen molar-refractivity contribution in [1.82, 2.24) is 4.98 Å². The third-order valence-corrected chi connectivity index (χ3v) is 4.20. The van der Waals surface area contributed by atoms with Crippen molar-refractivity contribution in [3.63, 3.8) is 0 Å². The summed E-state index contributed by atoms with van der Waals surface area (Å²) in [6, 6.07) is 7.79. The minimum atomic E-state index is -0.0609. The lowest BCUT2D eigenvalue weighted by molar-refractivity contribution is -0.114. The first-order valence-electron chi connectivity index (χ1n) is 7.55. The van der Waals surface area contributed by atoms with Crippen molar-refractivity contribution in [2.75, 3.05) is 17.2 Å². The molecule has 0 spiro atoms. The molecule has 4 nitrogen and oxygen atoms in total. The molecule has 1 heterocycles. The average Bonchev–Trinajstić information content (AvgIpc) is 2.80. The first-order valence-corrected chi connectivity index (χ1v) is 8.36. The SMILES string of the molecule is CC(=O)Nc1ccc(-c2nc(NCCC(C)C)sc2C)cc1. The number of anilines is 2. The number of carbonyl (C=O) groups excluding carboxylic acids is 1. The zero-order valence-electron chi connectivity index (χ0n) is 13.6. The largest absolute Gasteiger partial charge is 0.361 e. The molecule has 0 radical (unpaired) electrons. The Bertz CT molecular complexity index is 632. The highest BCUT2D eigenvalue weighted by atomic mass is 32.1. The number of rotatable bonds is 6. The molecule has 1 amide bonds. The number of aromatic nitrogens is 1. The minimum Gasteiger partial charge on any atom is -0.361 e. The Morgan fingerprint density at radius 3 is 2.55 bits per heavy atom. The molecule has 22 heavy (non-hydrogen) atoms. The van der Waals surface area contributed by atoms with E-state index in [1.165, 1.54) is 11.8 Å². The summed E-state index contributed by atoms with van der Waals surface area (Å²) in [5.74, 6) is 0.628. The standard InChI is InChI=1S/C17H23N3OS/c1-11(2)9-10-18-17-20-16(12(3)22-17)14-5-7-15(8-6-14)19-13(4)21/h5-8,11H,9-10H2,1-4H3,(H,18,20)(H,19,21). The highest BCUT2D eigenvalue weighted by Crippen LogP contribution is 2.31. The van der Waals surface area contributed by atoms with Gasteiger partial charge in [-0.2, -0.15) is 0 Å². The van der Waals surface area contributed by atoms with E-state index in [-0.39, 0.29) is 5.91 Å². The van der Waals surface area contributed by atoms with Gasteiger partial charge in [-0.15, -0.1) is 11.3 Å². The highest BCUT2D eigenvalue weighted by molar-refractivity contribution is 7.16. The maximum Gasteiger partial charge on any atom is 0.221 e. The fourth-order valence-corrected chi connectivity index (χ4v) is 2.98. The topological polar surface area (TPSA) is 54.0 Å². The molecule has 0 aliphatic heterocycles. The lowest BCUT2D eigenvalue weighted by Crippen LogP contribution is -2.05. The molecule has 0 atom stereocenters. The first-order chi connectivity index (χ1) is 10.5. The normalized spacial score (nSPS) is 10.8. The van der Waals surface area contributed by atoms with Crippen LogP contribution in [0.4, 0.5) is 10.8 Å². The predicted molar refractivity (Wildman–Crippen MR) is 94.5 cm³/mol. The summed E-state index contributed by atoms with van der Waals surface area (Å²) in [6.07, 6.45) is 1.14.